The van der Waals surface area contributed by atoms with E-state index in [2.05, 4.69) is 39.4 Å². The van der Waals surface area contributed by atoms with Crippen LogP contribution in [-0.2, 0) is 17.8 Å². The first kappa shape index (κ1) is 19.6. The summed E-state index contributed by atoms with van der Waals surface area (Å²) in [7, 11) is 0. The number of nitrogens with zero attached hydrogens (tertiary/aromatic N) is 1. The number of halogens is 1. The normalized spacial score (nSPS) is 15.0. The molecule has 1 aromatic heterocycles. The molecule has 0 saturated heterocycles. The first-order chi connectivity index (χ1) is 13.2. The van der Waals surface area contributed by atoms with Crippen LogP contribution in [0.2, 0.25) is 0 Å². The number of rotatable bonds is 7. The third kappa shape index (κ3) is 5.43. The number of nitrogens with one attached hydrogen (secondary N) is 2. The van der Waals surface area contributed by atoms with Crippen LogP contribution in [-0.4, -0.2) is 32.4 Å². The predicted octanol–water partition coefficient (Wildman–Crippen LogP) is 3.66. The monoisotopic (exact) mass is 391 g/mol. The number of fused-ring (bicyclic) bond motifs is 1. The molecule has 2 heterocycles. The van der Waals surface area contributed by atoms with Gasteiger partial charge in [0.15, 0.2) is 12.8 Å². The fourth-order valence-corrected chi connectivity index (χ4v) is 3.77. The molecule has 146 valence electrons. The van der Waals surface area contributed by atoms with Crippen molar-refractivity contribution in [3.05, 3.63) is 51.5 Å². The lowest BCUT2D eigenvalue weighted by atomic mass is 10.1. The van der Waals surface area contributed by atoms with Crippen LogP contribution in [0.15, 0.2) is 34.0 Å². The third-order valence-corrected chi connectivity index (χ3v) is 5.12. The van der Waals surface area contributed by atoms with Gasteiger partial charge in [-0.2, -0.15) is 11.3 Å². The second kappa shape index (κ2) is 9.71. The number of ether oxygens (including phenoxy) is 2. The summed E-state index contributed by atoms with van der Waals surface area (Å²) in [5.74, 6) is 1.63. The fraction of sp³-hybridized carbons (Fsp3) is 0.450. The van der Waals surface area contributed by atoms with E-state index >= 15 is 0 Å². The molecule has 7 heteroatoms. The summed E-state index contributed by atoms with van der Waals surface area (Å²) in [5.41, 5.74) is 2.93. The molecule has 1 aliphatic rings. The van der Waals surface area contributed by atoms with Gasteiger partial charge in [0.05, 0.1) is 6.61 Å². The van der Waals surface area contributed by atoms with E-state index in [1.165, 1.54) is 17.7 Å². The van der Waals surface area contributed by atoms with Crippen molar-refractivity contribution in [2.24, 2.45) is 4.99 Å². The van der Waals surface area contributed by atoms with Crippen LogP contribution in [0.3, 0.4) is 0 Å². The summed E-state index contributed by atoms with van der Waals surface area (Å²) < 4.78 is 24.6. The number of hydrogen-bond donors (Lipinski definition) is 2. The summed E-state index contributed by atoms with van der Waals surface area (Å²) in [6.07, 6.45) is 0.643. The molecule has 3 rings (SSSR count). The van der Waals surface area contributed by atoms with Gasteiger partial charge in [0.25, 0.3) is 0 Å². The summed E-state index contributed by atoms with van der Waals surface area (Å²) in [6, 6.07) is 5.15. The molecule has 0 fully saturated rings. The smallest absolute Gasteiger partial charge is 0.191 e. The van der Waals surface area contributed by atoms with Crippen LogP contribution in [0.5, 0.6) is 5.75 Å². The zero-order chi connectivity index (χ0) is 19.1. The zero-order valence-electron chi connectivity index (χ0n) is 15.8. The molecule has 0 bridgehead atoms. The molecule has 0 saturated carbocycles. The molecule has 2 aromatic rings. The molecular weight excluding hydrogens is 365 g/mol. The number of benzene rings is 1. The highest BCUT2D eigenvalue weighted by Gasteiger charge is 2.16. The number of hydrogen-bond acceptors (Lipinski definition) is 4. The Bertz CT molecular complexity index is 765. The quantitative estimate of drug-likeness (QED) is 0.559. The van der Waals surface area contributed by atoms with Crippen LogP contribution in [0.1, 0.15) is 36.5 Å². The number of thiophene rings is 1. The van der Waals surface area contributed by atoms with E-state index in [0.29, 0.717) is 32.0 Å². The lowest BCUT2D eigenvalue weighted by Gasteiger charge is -2.21. The molecule has 0 aliphatic carbocycles. The van der Waals surface area contributed by atoms with Gasteiger partial charge in [-0.25, -0.2) is 4.39 Å². The van der Waals surface area contributed by atoms with Crippen molar-refractivity contribution in [1.29, 1.82) is 0 Å². The van der Waals surface area contributed by atoms with Crippen LogP contribution in [0.25, 0.3) is 0 Å². The Kier molecular flexibility index (Phi) is 7.06. The highest BCUT2D eigenvalue weighted by Crippen LogP contribution is 2.29. The topological polar surface area (TPSA) is 54.9 Å². The van der Waals surface area contributed by atoms with Gasteiger partial charge in [-0.1, -0.05) is 6.92 Å². The van der Waals surface area contributed by atoms with Crippen molar-refractivity contribution in [3.8, 4) is 5.75 Å². The van der Waals surface area contributed by atoms with Gasteiger partial charge >= 0.3 is 0 Å². The van der Waals surface area contributed by atoms with Crippen LogP contribution in [0, 0.1) is 5.82 Å². The summed E-state index contributed by atoms with van der Waals surface area (Å²) >= 11 is 1.71. The van der Waals surface area contributed by atoms with Gasteiger partial charge < -0.3 is 20.1 Å². The Hall–Kier alpha value is -2.12. The van der Waals surface area contributed by atoms with Gasteiger partial charge in [-0.05, 0) is 53.4 Å². The second-order valence-corrected chi connectivity index (χ2v) is 7.30. The number of aliphatic imine (C=N–C) groups is 1. The predicted molar refractivity (Wildman–Crippen MR) is 107 cm³/mol. The highest BCUT2D eigenvalue weighted by atomic mass is 32.1. The maximum absolute atomic E-state index is 13.8. The number of guanidine groups is 1. The third-order valence-electron chi connectivity index (χ3n) is 4.42. The van der Waals surface area contributed by atoms with Gasteiger partial charge in [0.1, 0.15) is 11.6 Å². The average Bonchev–Trinajstić information content (AvgIpc) is 3.20. The van der Waals surface area contributed by atoms with Gasteiger partial charge in [-0.15, -0.1) is 0 Å². The molecular formula is C20H26FN3O2S. The molecule has 0 spiro atoms. The molecule has 1 unspecified atom stereocenters. The van der Waals surface area contributed by atoms with E-state index in [1.807, 2.05) is 6.92 Å². The molecule has 0 radical (unpaired) electrons. The van der Waals surface area contributed by atoms with Crippen molar-refractivity contribution < 1.29 is 13.9 Å². The molecule has 1 aliphatic heterocycles. The summed E-state index contributed by atoms with van der Waals surface area (Å²) in [6.45, 7) is 6.95. The van der Waals surface area contributed by atoms with E-state index < -0.39 is 0 Å². The molecule has 5 nitrogen and oxygen atoms in total. The summed E-state index contributed by atoms with van der Waals surface area (Å²) in [4.78, 5) is 4.68. The first-order valence-electron chi connectivity index (χ1n) is 9.23. The Morgan fingerprint density at radius 1 is 1.37 bits per heavy atom. The highest BCUT2D eigenvalue weighted by molar-refractivity contribution is 7.07. The minimum atomic E-state index is -0.261. The average molecular weight is 392 g/mol. The first-order valence-corrected chi connectivity index (χ1v) is 10.2. The van der Waals surface area contributed by atoms with Crippen LogP contribution >= 0.6 is 11.3 Å². The fourth-order valence-electron chi connectivity index (χ4n) is 2.99. The Labute approximate surface area is 163 Å². The van der Waals surface area contributed by atoms with Crippen LogP contribution in [0.4, 0.5) is 4.39 Å². The minimum Gasteiger partial charge on any atom is -0.467 e. The molecule has 0 amide bonds. The van der Waals surface area contributed by atoms with Crippen molar-refractivity contribution >= 4 is 17.3 Å². The maximum atomic E-state index is 13.8. The standard InChI is InChI=1S/C20H26FN3O2S/c1-3-22-20(24-10-14(2)16-5-7-27-12-16)23-6-4-15-8-18(21)9-17-11-25-13-26-19(15)17/h5,7-9,12,14H,3-4,6,10-11,13H2,1-2H3,(H2,22,23,24). The Morgan fingerprint density at radius 3 is 3.04 bits per heavy atom. The zero-order valence-corrected chi connectivity index (χ0v) is 16.6. The largest absolute Gasteiger partial charge is 0.467 e. The van der Waals surface area contributed by atoms with E-state index in [0.717, 1.165) is 29.4 Å². The van der Waals surface area contributed by atoms with Crippen molar-refractivity contribution in [2.75, 3.05) is 26.4 Å². The Balaban J connectivity index is 1.58. The van der Waals surface area contributed by atoms with Gasteiger partial charge in [-0.3, -0.25) is 4.99 Å². The molecule has 1 aromatic carbocycles. The SMILES string of the molecule is CCNC(=NCC(C)c1ccsc1)NCCc1cc(F)cc2c1OCOC2. The summed E-state index contributed by atoms with van der Waals surface area (Å²) in [5, 5.41) is 10.8. The molecule has 2 N–H and O–H groups in total. The Morgan fingerprint density at radius 2 is 2.26 bits per heavy atom. The lowest BCUT2D eigenvalue weighted by molar-refractivity contribution is -0.0172. The van der Waals surface area contributed by atoms with Crippen molar-refractivity contribution in [3.63, 3.8) is 0 Å². The van der Waals surface area contributed by atoms with E-state index in [-0.39, 0.29) is 12.6 Å². The lowest BCUT2D eigenvalue weighted by Crippen LogP contribution is -2.38. The second-order valence-electron chi connectivity index (χ2n) is 6.52. The minimum absolute atomic E-state index is 0.212. The van der Waals surface area contributed by atoms with E-state index in [9.17, 15) is 4.39 Å². The van der Waals surface area contributed by atoms with E-state index in [4.69, 9.17) is 9.47 Å². The van der Waals surface area contributed by atoms with Crippen molar-refractivity contribution in [2.45, 2.75) is 32.8 Å². The van der Waals surface area contributed by atoms with Gasteiger partial charge in [0, 0.05) is 31.1 Å². The maximum Gasteiger partial charge on any atom is 0.191 e. The van der Waals surface area contributed by atoms with E-state index in [1.54, 1.807) is 11.3 Å². The molecule has 27 heavy (non-hydrogen) atoms. The van der Waals surface area contributed by atoms with Crippen molar-refractivity contribution in [1.82, 2.24) is 10.6 Å². The van der Waals surface area contributed by atoms with Gasteiger partial charge in [0.2, 0.25) is 0 Å². The molecule has 1 atom stereocenters. The van der Waals surface area contributed by atoms with Crippen LogP contribution < -0.4 is 15.4 Å².